The van der Waals surface area contributed by atoms with Gasteiger partial charge in [-0.05, 0) is 144 Å². The van der Waals surface area contributed by atoms with Crippen LogP contribution >= 0.6 is 0 Å². The zero-order chi connectivity index (χ0) is 84.7. The first-order valence-corrected chi connectivity index (χ1v) is 39.0. The number of aliphatic hydroxyl groups excluding tert-OH is 1. The standard InChI is InChI=1S/C83H133N11O17/c1-28-29-34-53(14)71(97)70(81(107)109-27)94(26)80(106)69(52(12)13)93(25)78(104)65(44-50(8)9)92(24)77(103)64(43-49(6)7)91(23)75(101)55(16)85-72(98)54(15)84-73(99)63(42-48(4)5)90(22)79(105)68(51(10)11)87-74(100)62(41-47(2)3)89(21)66(95)45-88(20)76(102)61(39-40-67(96)111-83(17,18)19)86-82(108)110-46-60-58-37-32-30-35-56(58)57-36-31-33-38-59(57)60/h28-33,35-38,47-55,60-65,68-71,97H,34,39-46H2,1-27H3,(H,84,99)(H,85,98)(H,86,108)(H,87,100)/b29-28+/t53-,54+,55-,61+,62+,63+,64+,65+,68+,69+,70+,71-/m1/s1. The molecule has 12 atom stereocenters. The molecule has 0 saturated carbocycles. The molecule has 0 radical (unpaired) electrons. The molecule has 622 valence electrons. The Hall–Kier alpha value is -8.95. The minimum absolute atomic E-state index is 0.0602. The van der Waals surface area contributed by atoms with E-state index in [4.69, 9.17) is 14.2 Å². The Bertz CT molecular complexity index is 3510. The molecular weight excluding hydrogens is 1420 g/mol. The lowest BCUT2D eigenvalue weighted by Gasteiger charge is -2.41. The monoisotopic (exact) mass is 1560 g/mol. The molecule has 28 heteroatoms. The molecule has 11 amide bonds. The van der Waals surface area contributed by atoms with Crippen molar-refractivity contribution in [2.24, 2.45) is 41.4 Å². The number of aliphatic hydroxyl groups is 1. The molecule has 0 aliphatic heterocycles. The Morgan fingerprint density at radius 1 is 0.505 bits per heavy atom. The third-order valence-corrected chi connectivity index (χ3v) is 20.2. The molecule has 1 aliphatic carbocycles. The van der Waals surface area contributed by atoms with Gasteiger partial charge in [0.2, 0.25) is 59.1 Å². The van der Waals surface area contributed by atoms with Crippen molar-refractivity contribution in [2.75, 3.05) is 69.6 Å². The van der Waals surface area contributed by atoms with Crippen LogP contribution in [-0.4, -0.2) is 258 Å². The van der Waals surface area contributed by atoms with Crippen molar-refractivity contribution < 1.29 is 81.6 Å². The zero-order valence-electron chi connectivity index (χ0n) is 71.2. The van der Waals surface area contributed by atoms with Crippen molar-refractivity contribution in [3.8, 4) is 11.1 Å². The van der Waals surface area contributed by atoms with Gasteiger partial charge in [0.15, 0.2) is 6.04 Å². The molecule has 111 heavy (non-hydrogen) atoms. The number of esters is 2. The minimum atomic E-state index is -1.41. The number of fused-ring (bicyclic) bond motifs is 3. The summed E-state index contributed by atoms with van der Waals surface area (Å²) in [6.07, 6.45) is 1.83. The molecule has 0 bridgehead atoms. The summed E-state index contributed by atoms with van der Waals surface area (Å²) >= 11 is 0. The van der Waals surface area contributed by atoms with Gasteiger partial charge in [-0.1, -0.05) is 151 Å². The van der Waals surface area contributed by atoms with E-state index in [2.05, 4.69) is 21.3 Å². The van der Waals surface area contributed by atoms with Gasteiger partial charge in [-0.3, -0.25) is 52.7 Å². The molecule has 5 N–H and O–H groups in total. The molecule has 0 heterocycles. The van der Waals surface area contributed by atoms with Crippen molar-refractivity contribution in [3.63, 3.8) is 0 Å². The molecule has 2 aromatic rings. The summed E-state index contributed by atoms with van der Waals surface area (Å²) in [7, 11) is 11.0. The number of likely N-dealkylation sites (N-methyl/N-ethyl adjacent to an activating group) is 7. The first-order chi connectivity index (χ1) is 51.6. The summed E-state index contributed by atoms with van der Waals surface area (Å²) in [4.78, 5) is 194. The van der Waals surface area contributed by atoms with Crippen LogP contribution in [0.2, 0.25) is 0 Å². The van der Waals surface area contributed by atoms with Crippen LogP contribution in [0, 0.1) is 41.4 Å². The second-order valence-corrected chi connectivity index (χ2v) is 33.3. The van der Waals surface area contributed by atoms with Gasteiger partial charge in [0, 0.05) is 61.7 Å². The number of nitrogens with zero attached hydrogens (tertiary/aromatic N) is 7. The fourth-order valence-corrected chi connectivity index (χ4v) is 13.9. The van der Waals surface area contributed by atoms with Crippen LogP contribution in [-0.2, 0) is 71.7 Å². The van der Waals surface area contributed by atoms with Gasteiger partial charge < -0.3 is 74.9 Å². The lowest BCUT2D eigenvalue weighted by atomic mass is 9.92. The van der Waals surface area contributed by atoms with Crippen LogP contribution in [0.4, 0.5) is 4.79 Å². The van der Waals surface area contributed by atoms with E-state index < -0.39 is 174 Å². The van der Waals surface area contributed by atoms with Crippen LogP contribution in [0.3, 0.4) is 0 Å². The number of benzene rings is 2. The highest BCUT2D eigenvalue weighted by Crippen LogP contribution is 2.44. The van der Waals surface area contributed by atoms with E-state index in [1.807, 2.05) is 123 Å². The van der Waals surface area contributed by atoms with Crippen LogP contribution in [0.5, 0.6) is 0 Å². The highest BCUT2D eigenvalue weighted by atomic mass is 16.6. The largest absolute Gasteiger partial charge is 0.467 e. The number of carbonyl (C=O) groups is 13. The topological polar surface area (TPSA) is 341 Å². The average molecular weight is 1560 g/mol. The smallest absolute Gasteiger partial charge is 0.407 e. The van der Waals surface area contributed by atoms with E-state index in [-0.39, 0.29) is 74.7 Å². The van der Waals surface area contributed by atoms with Crippen molar-refractivity contribution in [1.82, 2.24) is 55.6 Å². The van der Waals surface area contributed by atoms with Crippen molar-refractivity contribution in [2.45, 2.75) is 255 Å². The summed E-state index contributed by atoms with van der Waals surface area (Å²) in [5.74, 6) is -10.7. The van der Waals surface area contributed by atoms with Gasteiger partial charge in [0.25, 0.3) is 0 Å². The maximum Gasteiger partial charge on any atom is 0.407 e. The van der Waals surface area contributed by atoms with Gasteiger partial charge in [0.1, 0.15) is 66.6 Å². The van der Waals surface area contributed by atoms with Gasteiger partial charge >= 0.3 is 18.0 Å². The molecule has 2 aromatic carbocycles. The Kier molecular flexibility index (Phi) is 37.9. The molecule has 0 fully saturated rings. The highest BCUT2D eigenvalue weighted by molar-refractivity contribution is 5.99. The van der Waals surface area contributed by atoms with Crippen LogP contribution < -0.4 is 21.3 Å². The zero-order valence-corrected chi connectivity index (χ0v) is 71.2. The quantitative estimate of drug-likeness (QED) is 0.0243. The maximum atomic E-state index is 15.0. The Labute approximate surface area is 659 Å². The van der Waals surface area contributed by atoms with E-state index in [9.17, 15) is 67.4 Å². The normalized spacial score (nSPS) is 15.4. The highest BCUT2D eigenvalue weighted by Gasteiger charge is 2.46. The second-order valence-electron chi connectivity index (χ2n) is 33.3. The first-order valence-electron chi connectivity index (χ1n) is 39.0. The average Bonchev–Trinajstić information content (AvgIpc) is 1.63. The molecule has 0 unspecified atom stereocenters. The molecule has 28 nitrogen and oxygen atoms in total. The maximum absolute atomic E-state index is 15.0. The SMILES string of the molecule is C/C=C/C[C@@H](C)[C@@H](O)[C@@H](C(=O)OC)N(C)C(=O)[C@H](C(C)C)N(C)C(=O)[C@H](CC(C)C)N(C)C(=O)[C@H](CC(C)C)N(C)C(=O)[C@@H](C)NC(=O)[C@H](C)NC(=O)[C@H](CC(C)C)N(C)C(=O)[C@@H](NC(=O)[C@H](CC(C)C)N(C)C(=O)CN(C)C(=O)[C@H](CCC(=O)OC(C)(C)C)NC(=O)OCC1c2ccccc2-c2ccccc21)C(C)C. The van der Waals surface area contributed by atoms with E-state index in [0.29, 0.717) is 6.42 Å². The van der Waals surface area contributed by atoms with Gasteiger partial charge in [-0.15, -0.1) is 0 Å². The van der Waals surface area contributed by atoms with Gasteiger partial charge in [0.05, 0.1) is 19.8 Å². The number of carbonyl (C=O) groups excluding carboxylic acids is 13. The lowest BCUT2D eigenvalue weighted by molar-refractivity contribution is -0.163. The lowest BCUT2D eigenvalue weighted by Crippen LogP contribution is -2.62. The van der Waals surface area contributed by atoms with Crippen LogP contribution in [0.15, 0.2) is 60.7 Å². The number of alkyl carbamates (subject to hydrolysis) is 1. The van der Waals surface area contributed by atoms with E-state index >= 15 is 0 Å². The van der Waals surface area contributed by atoms with Crippen LogP contribution in [0.1, 0.15) is 194 Å². The molecule has 3 rings (SSSR count). The number of nitrogens with one attached hydrogen (secondary N) is 4. The van der Waals surface area contributed by atoms with Crippen LogP contribution in [0.25, 0.3) is 11.1 Å². The minimum Gasteiger partial charge on any atom is -0.467 e. The summed E-state index contributed by atoms with van der Waals surface area (Å²) < 4.78 is 16.4. The Morgan fingerprint density at radius 3 is 1.41 bits per heavy atom. The first kappa shape index (κ1) is 96.3. The fourth-order valence-electron chi connectivity index (χ4n) is 13.9. The number of amides is 11. The third kappa shape index (κ3) is 27.4. The van der Waals surface area contributed by atoms with Gasteiger partial charge in [-0.2, -0.15) is 0 Å². The number of hydrogen-bond donors (Lipinski definition) is 5. The number of methoxy groups -OCH3 is 1. The number of ether oxygens (including phenoxy) is 3. The van der Waals surface area contributed by atoms with Crippen molar-refractivity contribution >= 4 is 77.1 Å². The third-order valence-electron chi connectivity index (χ3n) is 20.2. The number of hydrogen-bond acceptors (Lipinski definition) is 17. The molecule has 0 aromatic heterocycles. The van der Waals surface area contributed by atoms with Crippen molar-refractivity contribution in [3.05, 3.63) is 71.8 Å². The molecule has 0 saturated heterocycles. The van der Waals surface area contributed by atoms with E-state index in [1.54, 1.807) is 55.4 Å². The molecule has 1 aliphatic rings. The summed E-state index contributed by atoms with van der Waals surface area (Å²) in [6, 6.07) is 3.17. The predicted octanol–water partition coefficient (Wildman–Crippen LogP) is 7.56. The summed E-state index contributed by atoms with van der Waals surface area (Å²) in [5, 5.41) is 22.3. The number of rotatable bonds is 41. The van der Waals surface area contributed by atoms with Crippen molar-refractivity contribution in [1.29, 1.82) is 0 Å². The fraction of sp³-hybridized carbons (Fsp3) is 0.675. The van der Waals surface area contributed by atoms with Gasteiger partial charge in [-0.25, -0.2) is 9.59 Å². The Balaban J connectivity index is 1.83. The second kappa shape index (κ2) is 43.8. The van der Waals surface area contributed by atoms with E-state index in [0.717, 1.165) is 39.2 Å². The molecule has 0 spiro atoms. The van der Waals surface area contributed by atoms with E-state index in [1.165, 1.54) is 87.7 Å². The predicted molar refractivity (Wildman–Crippen MR) is 425 cm³/mol. The summed E-state index contributed by atoms with van der Waals surface area (Å²) in [5.41, 5.74) is 3.14. The summed E-state index contributed by atoms with van der Waals surface area (Å²) in [6.45, 7) is 32.6. The number of allylic oxidation sites excluding steroid dienone is 2. The Morgan fingerprint density at radius 2 is 0.946 bits per heavy atom. The molecular formula is C83H133N11O17.